The van der Waals surface area contributed by atoms with Crippen molar-refractivity contribution in [3.8, 4) is 28.7 Å². The van der Waals surface area contributed by atoms with Gasteiger partial charge in [-0.25, -0.2) is 0 Å². The van der Waals surface area contributed by atoms with Gasteiger partial charge in [0.05, 0.1) is 18.6 Å². The topological polar surface area (TPSA) is 96.2 Å². The average Bonchev–Trinajstić information content (AvgIpc) is 2.72. The van der Waals surface area contributed by atoms with Crippen molar-refractivity contribution in [1.82, 2.24) is 0 Å². The van der Waals surface area contributed by atoms with Crippen LogP contribution in [0.4, 0.5) is 0 Å². The number of aromatic hydroxyl groups is 3. The third-order valence-electron chi connectivity index (χ3n) is 5.46. The standard InChI is InChI=1S/C26H30O6/c1-14(2)6-8-17-21(28)12-22-23(24(17)29)25(30)19(13-32-22)16-10-11-20(27)18(26(16)31-5)9-7-15(3)4/h6-7,9-12,15,19,27-29H,8,13H2,1-5H3/t19-/m1/s1. The fourth-order valence-electron chi connectivity index (χ4n) is 3.74. The molecule has 1 atom stereocenters. The summed E-state index contributed by atoms with van der Waals surface area (Å²) in [4.78, 5) is 13.5. The molecule has 0 bridgehead atoms. The fourth-order valence-corrected chi connectivity index (χ4v) is 3.74. The predicted octanol–water partition coefficient (Wildman–Crippen LogP) is 5.35. The zero-order valence-electron chi connectivity index (χ0n) is 19.1. The van der Waals surface area contributed by atoms with Crippen molar-refractivity contribution in [2.24, 2.45) is 5.92 Å². The van der Waals surface area contributed by atoms with Gasteiger partial charge in [0, 0.05) is 17.2 Å². The minimum Gasteiger partial charge on any atom is -0.507 e. The smallest absolute Gasteiger partial charge is 0.181 e. The molecule has 6 nitrogen and oxygen atoms in total. The molecule has 0 saturated heterocycles. The van der Waals surface area contributed by atoms with Crippen LogP contribution in [-0.4, -0.2) is 34.8 Å². The molecular weight excluding hydrogens is 408 g/mol. The van der Waals surface area contributed by atoms with Crippen LogP contribution < -0.4 is 9.47 Å². The first-order chi connectivity index (χ1) is 15.1. The number of ketones is 1. The maximum Gasteiger partial charge on any atom is 0.181 e. The van der Waals surface area contributed by atoms with Gasteiger partial charge in [-0.3, -0.25) is 4.79 Å². The molecule has 1 aliphatic heterocycles. The van der Waals surface area contributed by atoms with E-state index >= 15 is 0 Å². The van der Waals surface area contributed by atoms with Gasteiger partial charge in [0.2, 0.25) is 0 Å². The van der Waals surface area contributed by atoms with Crippen LogP contribution in [0.5, 0.6) is 28.7 Å². The lowest BCUT2D eigenvalue weighted by atomic mass is 9.85. The van der Waals surface area contributed by atoms with Crippen molar-refractivity contribution in [2.75, 3.05) is 13.7 Å². The van der Waals surface area contributed by atoms with Gasteiger partial charge in [-0.05, 0) is 32.3 Å². The Hall–Kier alpha value is -3.41. The SMILES string of the molecule is COc1c([C@H]2COc3cc(O)c(CC=C(C)C)c(O)c3C2=O)ccc(O)c1C=CC(C)C. The maximum atomic E-state index is 13.5. The molecule has 0 radical (unpaired) electrons. The third-order valence-corrected chi connectivity index (χ3v) is 5.46. The van der Waals surface area contributed by atoms with Crippen molar-refractivity contribution >= 4 is 11.9 Å². The quantitative estimate of drug-likeness (QED) is 0.526. The molecule has 0 aromatic heterocycles. The van der Waals surface area contributed by atoms with Crippen LogP contribution in [0.25, 0.3) is 6.08 Å². The van der Waals surface area contributed by atoms with Crippen molar-refractivity contribution in [2.45, 2.75) is 40.0 Å². The molecule has 3 rings (SSSR count). The van der Waals surface area contributed by atoms with E-state index in [2.05, 4.69) is 0 Å². The monoisotopic (exact) mass is 438 g/mol. The van der Waals surface area contributed by atoms with Crippen LogP contribution in [0.3, 0.4) is 0 Å². The Morgan fingerprint density at radius 1 is 1.22 bits per heavy atom. The summed E-state index contributed by atoms with van der Waals surface area (Å²) in [7, 11) is 1.49. The number of carbonyl (C=O) groups excluding carboxylic acids is 1. The molecule has 170 valence electrons. The number of benzene rings is 2. The number of carbonyl (C=O) groups is 1. The van der Waals surface area contributed by atoms with Crippen LogP contribution in [-0.2, 0) is 6.42 Å². The van der Waals surface area contributed by atoms with Crippen LogP contribution in [0, 0.1) is 5.92 Å². The van der Waals surface area contributed by atoms with Gasteiger partial charge in [0.1, 0.15) is 40.9 Å². The molecule has 0 fully saturated rings. The van der Waals surface area contributed by atoms with Crippen LogP contribution in [0.1, 0.15) is 60.7 Å². The third kappa shape index (κ3) is 4.44. The molecule has 6 heteroatoms. The fraction of sp³-hybridized carbons (Fsp3) is 0.346. The lowest BCUT2D eigenvalue weighted by Gasteiger charge is -2.27. The van der Waals surface area contributed by atoms with E-state index < -0.39 is 5.92 Å². The molecule has 32 heavy (non-hydrogen) atoms. The molecule has 1 aliphatic rings. The van der Waals surface area contributed by atoms with Crippen LogP contribution >= 0.6 is 0 Å². The second kappa shape index (κ2) is 9.39. The number of phenols is 3. The Bertz CT molecular complexity index is 1090. The summed E-state index contributed by atoms with van der Waals surface area (Å²) in [6.07, 6.45) is 5.86. The summed E-state index contributed by atoms with van der Waals surface area (Å²) < 4.78 is 11.4. The summed E-state index contributed by atoms with van der Waals surface area (Å²) >= 11 is 0. The molecule has 2 aromatic rings. The van der Waals surface area contributed by atoms with Gasteiger partial charge >= 0.3 is 0 Å². The lowest BCUT2D eigenvalue weighted by molar-refractivity contribution is 0.0889. The normalized spacial score (nSPS) is 15.6. The molecule has 2 aromatic carbocycles. The molecule has 0 saturated carbocycles. The molecule has 0 spiro atoms. The Morgan fingerprint density at radius 2 is 1.94 bits per heavy atom. The van der Waals surface area contributed by atoms with Gasteiger partial charge in [-0.2, -0.15) is 0 Å². The van der Waals surface area contributed by atoms with Crippen molar-refractivity contribution in [3.05, 3.63) is 58.2 Å². The summed E-state index contributed by atoms with van der Waals surface area (Å²) in [5.41, 5.74) is 2.39. The zero-order chi connectivity index (χ0) is 23.6. The van der Waals surface area contributed by atoms with Gasteiger partial charge in [-0.1, -0.05) is 43.7 Å². The number of Topliss-reactive ketones (excluding diaryl/α,β-unsaturated/α-hetero) is 1. The number of fused-ring (bicyclic) bond motifs is 1. The van der Waals surface area contributed by atoms with E-state index in [0.29, 0.717) is 16.9 Å². The maximum absolute atomic E-state index is 13.5. The van der Waals surface area contributed by atoms with Gasteiger partial charge in [-0.15, -0.1) is 0 Å². The van der Waals surface area contributed by atoms with E-state index in [1.165, 1.54) is 19.2 Å². The summed E-state index contributed by atoms with van der Waals surface area (Å²) in [6, 6.07) is 4.54. The highest BCUT2D eigenvalue weighted by atomic mass is 16.5. The molecular formula is C26H30O6. The number of allylic oxidation sites excluding steroid dienone is 3. The number of rotatable bonds is 6. The van der Waals surface area contributed by atoms with Crippen LogP contribution in [0.2, 0.25) is 0 Å². The number of ether oxygens (including phenoxy) is 2. The van der Waals surface area contributed by atoms with E-state index in [-0.39, 0.29) is 58.9 Å². The highest BCUT2D eigenvalue weighted by Crippen LogP contribution is 2.46. The Kier molecular flexibility index (Phi) is 6.82. The number of phenolic OH excluding ortho intramolecular Hbond substituents is 3. The highest BCUT2D eigenvalue weighted by molar-refractivity contribution is 6.07. The van der Waals surface area contributed by atoms with Crippen molar-refractivity contribution < 1.29 is 29.6 Å². The van der Waals surface area contributed by atoms with E-state index in [0.717, 1.165) is 5.57 Å². The van der Waals surface area contributed by atoms with E-state index in [9.17, 15) is 20.1 Å². The Balaban J connectivity index is 2.10. The second-order valence-corrected chi connectivity index (χ2v) is 8.53. The molecule has 0 amide bonds. The van der Waals surface area contributed by atoms with E-state index in [1.807, 2.05) is 39.8 Å². The predicted molar refractivity (Wildman–Crippen MR) is 124 cm³/mol. The number of hydrogen-bond donors (Lipinski definition) is 3. The van der Waals surface area contributed by atoms with Gasteiger partial charge in [0.25, 0.3) is 0 Å². The number of hydrogen-bond acceptors (Lipinski definition) is 6. The van der Waals surface area contributed by atoms with Crippen LogP contribution in [0.15, 0.2) is 35.9 Å². The Labute approximate surface area is 188 Å². The summed E-state index contributed by atoms with van der Waals surface area (Å²) in [5, 5.41) is 31.6. The summed E-state index contributed by atoms with van der Waals surface area (Å²) in [5.74, 6) is -0.614. The lowest BCUT2D eigenvalue weighted by Crippen LogP contribution is -2.27. The minimum atomic E-state index is -0.740. The molecule has 0 unspecified atom stereocenters. The largest absolute Gasteiger partial charge is 0.507 e. The van der Waals surface area contributed by atoms with E-state index in [1.54, 1.807) is 12.1 Å². The first-order valence-corrected chi connectivity index (χ1v) is 10.6. The minimum absolute atomic E-state index is 0.0203. The van der Waals surface area contributed by atoms with E-state index in [4.69, 9.17) is 9.47 Å². The highest BCUT2D eigenvalue weighted by Gasteiger charge is 2.36. The molecule has 1 heterocycles. The first kappa shape index (κ1) is 23.3. The summed E-state index contributed by atoms with van der Waals surface area (Å²) in [6.45, 7) is 7.89. The molecule has 0 aliphatic carbocycles. The first-order valence-electron chi connectivity index (χ1n) is 10.6. The molecule has 3 N–H and O–H groups in total. The Morgan fingerprint density at radius 3 is 2.56 bits per heavy atom. The van der Waals surface area contributed by atoms with Gasteiger partial charge in [0.15, 0.2) is 5.78 Å². The zero-order valence-corrected chi connectivity index (χ0v) is 19.1. The van der Waals surface area contributed by atoms with Crippen molar-refractivity contribution in [3.63, 3.8) is 0 Å². The van der Waals surface area contributed by atoms with Crippen molar-refractivity contribution in [1.29, 1.82) is 0 Å². The second-order valence-electron chi connectivity index (χ2n) is 8.53. The van der Waals surface area contributed by atoms with Gasteiger partial charge < -0.3 is 24.8 Å². The number of methoxy groups -OCH3 is 1. The average molecular weight is 439 g/mol.